The van der Waals surface area contributed by atoms with Crippen LogP contribution in [-0.4, -0.2) is 9.78 Å². The van der Waals surface area contributed by atoms with Gasteiger partial charge in [-0.25, -0.2) is 4.68 Å². The Hall–Kier alpha value is -1.77. The molecule has 1 heterocycles. The van der Waals surface area contributed by atoms with E-state index < -0.39 is 0 Å². The van der Waals surface area contributed by atoms with Crippen molar-refractivity contribution in [3.05, 3.63) is 41.6 Å². The molecular formula is C12H14N2O. The van der Waals surface area contributed by atoms with Crippen molar-refractivity contribution in [2.24, 2.45) is 7.05 Å². The zero-order valence-electron chi connectivity index (χ0n) is 9.19. The number of hydrogen-bond acceptors (Lipinski definition) is 2. The van der Waals surface area contributed by atoms with Crippen LogP contribution in [0, 0.1) is 13.8 Å². The molecule has 0 aliphatic carbocycles. The Morgan fingerprint density at radius 2 is 1.80 bits per heavy atom. The minimum absolute atomic E-state index is 0.757. The van der Waals surface area contributed by atoms with Crippen molar-refractivity contribution in [1.82, 2.24) is 9.78 Å². The van der Waals surface area contributed by atoms with Gasteiger partial charge in [0, 0.05) is 13.1 Å². The van der Waals surface area contributed by atoms with Gasteiger partial charge in [0.15, 0.2) is 0 Å². The standard InChI is InChI=1S/C12H14N2O/c1-9-5-4-6-10(2)12(9)15-11-7-8-13-14(11)3/h4-8H,1-3H3. The summed E-state index contributed by atoms with van der Waals surface area (Å²) in [6, 6.07) is 7.96. The molecule has 0 aliphatic heterocycles. The fraction of sp³-hybridized carbons (Fsp3) is 0.250. The molecule has 0 atom stereocenters. The number of aryl methyl sites for hydroxylation is 3. The van der Waals surface area contributed by atoms with Crippen LogP contribution in [0.1, 0.15) is 11.1 Å². The molecule has 2 aromatic rings. The summed E-state index contributed by atoms with van der Waals surface area (Å²) < 4.78 is 7.53. The summed E-state index contributed by atoms with van der Waals surface area (Å²) >= 11 is 0. The van der Waals surface area contributed by atoms with Crippen LogP contribution in [0.4, 0.5) is 0 Å². The van der Waals surface area contributed by atoms with Crippen LogP contribution in [0.5, 0.6) is 11.6 Å². The molecule has 1 aromatic carbocycles. The lowest BCUT2D eigenvalue weighted by atomic mass is 10.1. The number of ether oxygens (including phenoxy) is 1. The van der Waals surface area contributed by atoms with Crippen molar-refractivity contribution in [1.29, 1.82) is 0 Å². The van der Waals surface area contributed by atoms with Gasteiger partial charge in [-0.2, -0.15) is 5.10 Å². The molecule has 0 amide bonds. The van der Waals surface area contributed by atoms with Gasteiger partial charge in [0.25, 0.3) is 0 Å². The Bertz CT molecular complexity index is 454. The molecule has 3 heteroatoms. The first kappa shape index (κ1) is 9.77. The van der Waals surface area contributed by atoms with E-state index in [-0.39, 0.29) is 0 Å². The largest absolute Gasteiger partial charge is 0.439 e. The third kappa shape index (κ3) is 1.86. The van der Waals surface area contributed by atoms with Gasteiger partial charge in [-0.15, -0.1) is 0 Å². The van der Waals surface area contributed by atoms with Crippen LogP contribution in [0.15, 0.2) is 30.5 Å². The highest BCUT2D eigenvalue weighted by atomic mass is 16.5. The molecule has 0 aliphatic rings. The maximum Gasteiger partial charge on any atom is 0.217 e. The molecule has 0 radical (unpaired) electrons. The zero-order chi connectivity index (χ0) is 10.8. The Kier molecular flexibility index (Phi) is 2.46. The fourth-order valence-electron chi connectivity index (χ4n) is 1.53. The van der Waals surface area contributed by atoms with E-state index in [2.05, 4.69) is 5.10 Å². The maximum absolute atomic E-state index is 5.81. The first-order valence-electron chi connectivity index (χ1n) is 4.90. The topological polar surface area (TPSA) is 27.1 Å². The Morgan fingerprint density at radius 3 is 2.33 bits per heavy atom. The monoisotopic (exact) mass is 202 g/mol. The van der Waals surface area contributed by atoms with Crippen molar-refractivity contribution in [2.75, 3.05) is 0 Å². The third-order valence-electron chi connectivity index (χ3n) is 2.39. The summed E-state index contributed by atoms with van der Waals surface area (Å²) in [6.45, 7) is 4.08. The molecule has 3 nitrogen and oxygen atoms in total. The molecule has 0 bridgehead atoms. The Balaban J connectivity index is 2.36. The van der Waals surface area contributed by atoms with Crippen LogP contribution in [0.2, 0.25) is 0 Å². The van der Waals surface area contributed by atoms with E-state index in [0.29, 0.717) is 0 Å². The zero-order valence-corrected chi connectivity index (χ0v) is 9.19. The van der Waals surface area contributed by atoms with E-state index in [1.165, 1.54) is 0 Å². The van der Waals surface area contributed by atoms with Crippen LogP contribution in [0.3, 0.4) is 0 Å². The predicted molar refractivity (Wildman–Crippen MR) is 59.2 cm³/mol. The van der Waals surface area contributed by atoms with E-state index >= 15 is 0 Å². The molecule has 1 aromatic heterocycles. The van der Waals surface area contributed by atoms with Crippen LogP contribution < -0.4 is 4.74 Å². The van der Waals surface area contributed by atoms with Crippen molar-refractivity contribution >= 4 is 0 Å². The molecular weight excluding hydrogens is 188 g/mol. The van der Waals surface area contributed by atoms with Gasteiger partial charge < -0.3 is 4.74 Å². The lowest BCUT2D eigenvalue weighted by Crippen LogP contribution is -1.97. The highest BCUT2D eigenvalue weighted by molar-refractivity contribution is 5.41. The summed E-state index contributed by atoms with van der Waals surface area (Å²) in [4.78, 5) is 0. The van der Waals surface area contributed by atoms with Crippen molar-refractivity contribution in [3.63, 3.8) is 0 Å². The summed E-state index contributed by atoms with van der Waals surface area (Å²) in [5, 5.41) is 4.06. The predicted octanol–water partition coefficient (Wildman–Crippen LogP) is 2.83. The second-order valence-corrected chi connectivity index (χ2v) is 3.62. The van der Waals surface area contributed by atoms with Gasteiger partial charge in [-0.3, -0.25) is 0 Å². The van der Waals surface area contributed by atoms with Gasteiger partial charge in [-0.1, -0.05) is 18.2 Å². The van der Waals surface area contributed by atoms with Crippen LogP contribution in [0.25, 0.3) is 0 Å². The molecule has 0 saturated heterocycles. The summed E-state index contributed by atoms with van der Waals surface area (Å²) in [6.07, 6.45) is 1.73. The van der Waals surface area contributed by atoms with Gasteiger partial charge in [0.1, 0.15) is 5.75 Å². The highest BCUT2D eigenvalue weighted by Crippen LogP contribution is 2.27. The molecule has 0 unspecified atom stereocenters. The highest BCUT2D eigenvalue weighted by Gasteiger charge is 2.06. The number of nitrogens with zero attached hydrogens (tertiary/aromatic N) is 2. The Labute approximate surface area is 89.3 Å². The van der Waals surface area contributed by atoms with E-state index in [9.17, 15) is 0 Å². The SMILES string of the molecule is Cc1cccc(C)c1Oc1ccnn1C. The third-order valence-corrected chi connectivity index (χ3v) is 2.39. The summed E-state index contributed by atoms with van der Waals surface area (Å²) in [7, 11) is 1.86. The molecule has 15 heavy (non-hydrogen) atoms. The lowest BCUT2D eigenvalue weighted by Gasteiger charge is -2.10. The van der Waals surface area contributed by atoms with Crippen LogP contribution >= 0.6 is 0 Å². The smallest absolute Gasteiger partial charge is 0.217 e. The van der Waals surface area contributed by atoms with Crippen molar-refractivity contribution in [3.8, 4) is 11.6 Å². The number of para-hydroxylation sites is 1. The van der Waals surface area contributed by atoms with Gasteiger partial charge >= 0.3 is 0 Å². The maximum atomic E-state index is 5.81. The first-order valence-corrected chi connectivity index (χ1v) is 4.90. The fourth-order valence-corrected chi connectivity index (χ4v) is 1.53. The van der Waals surface area contributed by atoms with Crippen LogP contribution in [-0.2, 0) is 7.05 Å². The van der Waals surface area contributed by atoms with Crippen molar-refractivity contribution in [2.45, 2.75) is 13.8 Å². The normalized spacial score (nSPS) is 10.3. The van der Waals surface area contributed by atoms with E-state index in [1.807, 2.05) is 45.2 Å². The van der Waals surface area contributed by atoms with E-state index in [4.69, 9.17) is 4.74 Å². The van der Waals surface area contributed by atoms with E-state index in [1.54, 1.807) is 10.9 Å². The van der Waals surface area contributed by atoms with E-state index in [0.717, 1.165) is 22.8 Å². The number of hydrogen-bond donors (Lipinski definition) is 0. The molecule has 78 valence electrons. The molecule has 2 rings (SSSR count). The molecule has 0 spiro atoms. The van der Waals surface area contributed by atoms with Gasteiger partial charge in [0.05, 0.1) is 6.20 Å². The molecule has 0 fully saturated rings. The first-order chi connectivity index (χ1) is 7.18. The number of rotatable bonds is 2. The average molecular weight is 202 g/mol. The molecule has 0 saturated carbocycles. The van der Waals surface area contributed by atoms with Gasteiger partial charge in [-0.05, 0) is 25.0 Å². The Morgan fingerprint density at radius 1 is 1.13 bits per heavy atom. The quantitative estimate of drug-likeness (QED) is 0.748. The molecule has 0 N–H and O–H groups in total. The average Bonchev–Trinajstić information content (AvgIpc) is 2.58. The minimum Gasteiger partial charge on any atom is -0.439 e. The second-order valence-electron chi connectivity index (χ2n) is 3.62. The lowest BCUT2D eigenvalue weighted by molar-refractivity contribution is 0.425. The second kappa shape index (κ2) is 3.77. The minimum atomic E-state index is 0.757. The number of aromatic nitrogens is 2. The summed E-state index contributed by atoms with van der Waals surface area (Å²) in [5.74, 6) is 1.67. The number of benzene rings is 1. The van der Waals surface area contributed by atoms with Gasteiger partial charge in [0.2, 0.25) is 5.88 Å². The summed E-state index contributed by atoms with van der Waals surface area (Å²) in [5.41, 5.74) is 2.27. The van der Waals surface area contributed by atoms with Crippen molar-refractivity contribution < 1.29 is 4.74 Å².